The second-order valence-electron chi connectivity index (χ2n) is 7.34. The van der Waals surface area contributed by atoms with Gasteiger partial charge in [0.25, 0.3) is 5.91 Å². The van der Waals surface area contributed by atoms with Gasteiger partial charge in [-0.1, -0.05) is 60.7 Å². The summed E-state index contributed by atoms with van der Waals surface area (Å²) in [6.07, 6.45) is 1.13. The molecule has 1 aliphatic heterocycles. The SMILES string of the molecule is C[C@H](NC(=O)CN1C(=O)N[C@@](C)(CCc2ccccc2)C1=O)c1ccccc1. The fraction of sp³-hybridized carbons (Fsp3) is 0.318. The van der Waals surface area contributed by atoms with E-state index in [2.05, 4.69) is 10.6 Å². The minimum Gasteiger partial charge on any atom is -0.348 e. The summed E-state index contributed by atoms with van der Waals surface area (Å²) >= 11 is 0. The third-order valence-electron chi connectivity index (χ3n) is 5.08. The summed E-state index contributed by atoms with van der Waals surface area (Å²) in [5.41, 5.74) is 1.05. The van der Waals surface area contributed by atoms with Gasteiger partial charge >= 0.3 is 6.03 Å². The highest BCUT2D eigenvalue weighted by molar-refractivity contribution is 6.08. The Morgan fingerprint density at radius 3 is 2.32 bits per heavy atom. The molecule has 146 valence electrons. The number of nitrogens with zero attached hydrogens (tertiary/aromatic N) is 1. The largest absolute Gasteiger partial charge is 0.348 e. The lowest BCUT2D eigenvalue weighted by atomic mass is 9.93. The van der Waals surface area contributed by atoms with E-state index in [-0.39, 0.29) is 24.4 Å². The van der Waals surface area contributed by atoms with Crippen LogP contribution in [0.15, 0.2) is 60.7 Å². The van der Waals surface area contributed by atoms with Crippen molar-refractivity contribution in [3.63, 3.8) is 0 Å². The van der Waals surface area contributed by atoms with E-state index in [1.807, 2.05) is 67.6 Å². The minimum atomic E-state index is -1.00. The van der Waals surface area contributed by atoms with Crippen molar-refractivity contribution in [3.05, 3.63) is 71.8 Å². The molecular formula is C22H25N3O3. The maximum absolute atomic E-state index is 12.8. The number of hydrogen-bond donors (Lipinski definition) is 2. The van der Waals surface area contributed by atoms with E-state index in [0.29, 0.717) is 12.8 Å². The highest BCUT2D eigenvalue weighted by Crippen LogP contribution is 2.23. The summed E-state index contributed by atoms with van der Waals surface area (Å²) in [6.45, 7) is 3.28. The van der Waals surface area contributed by atoms with Gasteiger partial charge in [-0.2, -0.15) is 0 Å². The molecule has 6 nitrogen and oxygen atoms in total. The Morgan fingerprint density at radius 2 is 1.68 bits per heavy atom. The standard InChI is InChI=1S/C22H25N3O3/c1-16(18-11-7-4-8-12-18)23-19(26)15-25-20(27)22(2,24-21(25)28)14-13-17-9-5-3-6-10-17/h3-12,16H,13-15H2,1-2H3,(H,23,26)(H,24,28)/t16-,22-/m0/s1. The van der Waals surface area contributed by atoms with Crippen molar-refractivity contribution in [3.8, 4) is 0 Å². The third-order valence-corrected chi connectivity index (χ3v) is 5.08. The second kappa shape index (κ2) is 8.25. The molecule has 2 N–H and O–H groups in total. The van der Waals surface area contributed by atoms with Crippen molar-refractivity contribution in [2.45, 2.75) is 38.3 Å². The van der Waals surface area contributed by atoms with E-state index in [4.69, 9.17) is 0 Å². The fourth-order valence-corrected chi connectivity index (χ4v) is 3.35. The lowest BCUT2D eigenvalue weighted by molar-refractivity contribution is -0.134. The number of rotatable bonds is 7. The zero-order valence-corrected chi connectivity index (χ0v) is 16.1. The van der Waals surface area contributed by atoms with Crippen LogP contribution in [-0.2, 0) is 16.0 Å². The molecule has 3 rings (SSSR count). The zero-order chi connectivity index (χ0) is 20.1. The molecule has 1 saturated heterocycles. The predicted molar refractivity (Wildman–Crippen MR) is 106 cm³/mol. The van der Waals surface area contributed by atoms with Crippen molar-refractivity contribution in [1.29, 1.82) is 0 Å². The van der Waals surface area contributed by atoms with Gasteiger partial charge in [0.05, 0.1) is 6.04 Å². The maximum atomic E-state index is 12.8. The van der Waals surface area contributed by atoms with Crippen LogP contribution in [0.2, 0.25) is 0 Å². The van der Waals surface area contributed by atoms with E-state index >= 15 is 0 Å². The Kier molecular flexibility index (Phi) is 5.78. The molecule has 2 atom stereocenters. The smallest absolute Gasteiger partial charge is 0.325 e. The first kappa shape index (κ1) is 19.6. The summed E-state index contributed by atoms with van der Waals surface area (Å²) < 4.78 is 0. The number of aryl methyl sites for hydroxylation is 1. The molecule has 2 aromatic carbocycles. The van der Waals surface area contributed by atoms with Crippen LogP contribution >= 0.6 is 0 Å². The lowest BCUT2D eigenvalue weighted by Gasteiger charge is -2.22. The number of nitrogens with one attached hydrogen (secondary N) is 2. The van der Waals surface area contributed by atoms with Crippen molar-refractivity contribution in [1.82, 2.24) is 15.5 Å². The van der Waals surface area contributed by atoms with Crippen molar-refractivity contribution >= 4 is 17.8 Å². The van der Waals surface area contributed by atoms with Crippen molar-refractivity contribution in [2.75, 3.05) is 6.54 Å². The number of urea groups is 1. The summed E-state index contributed by atoms with van der Waals surface area (Å²) in [6, 6.07) is 18.6. The van der Waals surface area contributed by atoms with Crippen molar-refractivity contribution in [2.24, 2.45) is 0 Å². The normalized spacial score (nSPS) is 20.0. The molecule has 1 fully saturated rings. The van der Waals surface area contributed by atoms with Gasteiger partial charge in [-0.3, -0.25) is 14.5 Å². The highest BCUT2D eigenvalue weighted by atomic mass is 16.2. The van der Waals surface area contributed by atoms with Crippen molar-refractivity contribution < 1.29 is 14.4 Å². The van der Waals surface area contributed by atoms with Gasteiger partial charge in [0.15, 0.2) is 0 Å². The van der Waals surface area contributed by atoms with Gasteiger partial charge in [-0.15, -0.1) is 0 Å². The number of carbonyl (C=O) groups excluding carboxylic acids is 3. The molecule has 0 bridgehead atoms. The first-order chi connectivity index (χ1) is 13.4. The first-order valence-corrected chi connectivity index (χ1v) is 9.41. The molecule has 0 aromatic heterocycles. The molecule has 0 saturated carbocycles. The molecule has 4 amide bonds. The summed E-state index contributed by atoms with van der Waals surface area (Å²) in [7, 11) is 0. The van der Waals surface area contributed by atoms with Crippen LogP contribution in [0.5, 0.6) is 0 Å². The molecule has 1 aliphatic rings. The number of benzene rings is 2. The molecule has 1 heterocycles. The Bertz CT molecular complexity index is 854. The molecule has 0 spiro atoms. The highest BCUT2D eigenvalue weighted by Gasteiger charge is 2.47. The van der Waals surface area contributed by atoms with E-state index < -0.39 is 11.6 Å². The Hall–Kier alpha value is -3.15. The quantitative estimate of drug-likeness (QED) is 0.726. The van der Waals surface area contributed by atoms with Gasteiger partial charge in [0, 0.05) is 0 Å². The topological polar surface area (TPSA) is 78.5 Å². The number of amides is 4. The lowest BCUT2D eigenvalue weighted by Crippen LogP contribution is -2.45. The maximum Gasteiger partial charge on any atom is 0.325 e. The van der Waals surface area contributed by atoms with Crippen LogP contribution in [0.25, 0.3) is 0 Å². The monoisotopic (exact) mass is 379 g/mol. The van der Waals surface area contributed by atoms with Gasteiger partial charge in [-0.25, -0.2) is 4.79 Å². The number of carbonyl (C=O) groups is 3. The van der Waals surface area contributed by atoms with Gasteiger partial charge in [0.2, 0.25) is 5.91 Å². The average molecular weight is 379 g/mol. The molecular weight excluding hydrogens is 354 g/mol. The van der Waals surface area contributed by atoms with E-state index in [1.165, 1.54) is 0 Å². The van der Waals surface area contributed by atoms with E-state index in [0.717, 1.165) is 16.0 Å². The van der Waals surface area contributed by atoms with Crippen LogP contribution in [0.1, 0.15) is 37.4 Å². The molecule has 0 aliphatic carbocycles. The zero-order valence-electron chi connectivity index (χ0n) is 16.1. The molecule has 2 aromatic rings. The molecule has 0 unspecified atom stereocenters. The van der Waals surface area contributed by atoms with Crippen LogP contribution in [-0.4, -0.2) is 34.8 Å². The Balaban J connectivity index is 1.59. The van der Waals surface area contributed by atoms with Crippen LogP contribution < -0.4 is 10.6 Å². The van der Waals surface area contributed by atoms with E-state index in [9.17, 15) is 14.4 Å². The summed E-state index contributed by atoms with van der Waals surface area (Å²) in [5.74, 6) is -0.733. The molecule has 6 heteroatoms. The van der Waals surface area contributed by atoms with E-state index in [1.54, 1.807) is 6.92 Å². The molecule has 28 heavy (non-hydrogen) atoms. The second-order valence-corrected chi connectivity index (χ2v) is 7.34. The van der Waals surface area contributed by atoms with Gasteiger partial charge in [-0.05, 0) is 37.8 Å². The van der Waals surface area contributed by atoms with Crippen LogP contribution in [0, 0.1) is 0 Å². The summed E-state index contributed by atoms with van der Waals surface area (Å²) in [5, 5.41) is 5.58. The van der Waals surface area contributed by atoms with Crippen LogP contribution in [0.3, 0.4) is 0 Å². The number of imide groups is 1. The Morgan fingerprint density at radius 1 is 1.07 bits per heavy atom. The minimum absolute atomic E-state index is 0.209. The predicted octanol–water partition coefficient (Wildman–Crippen LogP) is 2.81. The average Bonchev–Trinajstić information content (AvgIpc) is 2.91. The fourth-order valence-electron chi connectivity index (χ4n) is 3.35. The Labute approximate surface area is 164 Å². The van der Waals surface area contributed by atoms with Gasteiger partial charge < -0.3 is 10.6 Å². The summed E-state index contributed by atoms with van der Waals surface area (Å²) in [4.78, 5) is 38.5. The number of hydrogen-bond acceptors (Lipinski definition) is 3. The van der Waals surface area contributed by atoms with Crippen LogP contribution in [0.4, 0.5) is 4.79 Å². The van der Waals surface area contributed by atoms with Gasteiger partial charge in [0.1, 0.15) is 12.1 Å². The third kappa shape index (κ3) is 4.39. The first-order valence-electron chi connectivity index (χ1n) is 9.41. The molecule has 0 radical (unpaired) electrons.